The highest BCUT2D eigenvalue weighted by Crippen LogP contribution is 2.17. The summed E-state index contributed by atoms with van der Waals surface area (Å²) in [6.07, 6.45) is 5.91. The molecule has 1 atom stereocenters. The minimum absolute atomic E-state index is 0.230. The van der Waals surface area contributed by atoms with Gasteiger partial charge in [-0.1, -0.05) is 6.92 Å². The zero-order chi connectivity index (χ0) is 12.1. The SMILES string of the molecule is CCNC(Cc1ncnn1CC)c1ccoc1. The van der Waals surface area contributed by atoms with Gasteiger partial charge in [0.1, 0.15) is 12.2 Å². The fourth-order valence-corrected chi connectivity index (χ4v) is 1.92. The normalized spacial score (nSPS) is 12.8. The molecule has 2 rings (SSSR count). The van der Waals surface area contributed by atoms with Crippen LogP contribution in [0, 0.1) is 0 Å². The highest BCUT2D eigenvalue weighted by atomic mass is 16.3. The van der Waals surface area contributed by atoms with Crippen LogP contribution in [0.5, 0.6) is 0 Å². The average molecular weight is 234 g/mol. The molecule has 0 radical (unpaired) electrons. The lowest BCUT2D eigenvalue weighted by Gasteiger charge is -2.15. The van der Waals surface area contributed by atoms with Crippen LogP contribution in [0.2, 0.25) is 0 Å². The highest BCUT2D eigenvalue weighted by molar-refractivity contribution is 5.13. The molecule has 0 saturated carbocycles. The van der Waals surface area contributed by atoms with E-state index in [4.69, 9.17) is 4.42 Å². The third kappa shape index (κ3) is 2.74. The summed E-state index contributed by atoms with van der Waals surface area (Å²) < 4.78 is 7.06. The summed E-state index contributed by atoms with van der Waals surface area (Å²) in [4.78, 5) is 4.30. The molecule has 2 heterocycles. The number of rotatable bonds is 6. The summed E-state index contributed by atoms with van der Waals surface area (Å²) in [7, 11) is 0. The van der Waals surface area contributed by atoms with Gasteiger partial charge < -0.3 is 9.73 Å². The van der Waals surface area contributed by atoms with Gasteiger partial charge in [0.05, 0.1) is 12.5 Å². The number of nitrogens with zero attached hydrogens (tertiary/aromatic N) is 3. The zero-order valence-electron chi connectivity index (χ0n) is 10.3. The number of hydrogen-bond acceptors (Lipinski definition) is 4. The Bertz CT molecular complexity index is 435. The van der Waals surface area contributed by atoms with Gasteiger partial charge >= 0.3 is 0 Å². The van der Waals surface area contributed by atoms with E-state index in [9.17, 15) is 0 Å². The van der Waals surface area contributed by atoms with Crippen molar-refractivity contribution in [1.29, 1.82) is 0 Å². The van der Waals surface area contributed by atoms with Crippen LogP contribution in [-0.4, -0.2) is 21.3 Å². The molecule has 5 nitrogen and oxygen atoms in total. The Morgan fingerprint density at radius 1 is 1.47 bits per heavy atom. The lowest BCUT2D eigenvalue weighted by Crippen LogP contribution is -2.24. The van der Waals surface area contributed by atoms with E-state index >= 15 is 0 Å². The molecule has 5 heteroatoms. The molecule has 92 valence electrons. The number of aryl methyl sites for hydroxylation is 1. The van der Waals surface area contributed by atoms with Crippen LogP contribution in [0.25, 0.3) is 0 Å². The summed E-state index contributed by atoms with van der Waals surface area (Å²) in [6.45, 7) is 5.92. The molecular formula is C12H18N4O. The second-order valence-corrected chi connectivity index (χ2v) is 3.86. The largest absolute Gasteiger partial charge is 0.472 e. The number of likely N-dealkylation sites (N-methyl/N-ethyl adjacent to an activating group) is 1. The maximum Gasteiger partial charge on any atom is 0.138 e. The Morgan fingerprint density at radius 2 is 2.35 bits per heavy atom. The average Bonchev–Trinajstić information content (AvgIpc) is 2.99. The van der Waals surface area contributed by atoms with E-state index in [0.29, 0.717) is 0 Å². The van der Waals surface area contributed by atoms with Gasteiger partial charge in [-0.2, -0.15) is 5.10 Å². The number of aromatic nitrogens is 3. The molecule has 0 aliphatic rings. The maximum absolute atomic E-state index is 5.13. The molecule has 0 spiro atoms. The van der Waals surface area contributed by atoms with Crippen molar-refractivity contribution in [2.75, 3.05) is 6.54 Å². The second-order valence-electron chi connectivity index (χ2n) is 3.86. The monoisotopic (exact) mass is 234 g/mol. The Hall–Kier alpha value is -1.62. The summed E-state index contributed by atoms with van der Waals surface area (Å²) in [5.74, 6) is 1.000. The molecule has 0 bridgehead atoms. The van der Waals surface area contributed by atoms with Gasteiger partial charge in [-0.15, -0.1) is 0 Å². The van der Waals surface area contributed by atoms with Gasteiger partial charge in [-0.25, -0.2) is 4.98 Å². The zero-order valence-corrected chi connectivity index (χ0v) is 10.3. The first-order chi connectivity index (χ1) is 8.35. The number of nitrogens with one attached hydrogen (secondary N) is 1. The van der Waals surface area contributed by atoms with Gasteiger partial charge in [-0.05, 0) is 19.5 Å². The number of hydrogen-bond donors (Lipinski definition) is 1. The van der Waals surface area contributed by atoms with E-state index in [1.54, 1.807) is 18.9 Å². The standard InChI is InChI=1S/C12H18N4O/c1-3-13-11(10-5-6-17-8-10)7-12-14-9-15-16(12)4-2/h5-6,8-9,11,13H,3-4,7H2,1-2H3. The van der Waals surface area contributed by atoms with Crippen molar-refractivity contribution in [1.82, 2.24) is 20.1 Å². The Morgan fingerprint density at radius 3 is 3.00 bits per heavy atom. The fraction of sp³-hybridized carbons (Fsp3) is 0.500. The lowest BCUT2D eigenvalue weighted by molar-refractivity contribution is 0.498. The number of furan rings is 1. The molecule has 1 N–H and O–H groups in total. The molecule has 0 aliphatic heterocycles. The van der Waals surface area contributed by atoms with Gasteiger partial charge in [0, 0.05) is 24.6 Å². The lowest BCUT2D eigenvalue weighted by atomic mass is 10.1. The fourth-order valence-electron chi connectivity index (χ4n) is 1.92. The van der Waals surface area contributed by atoms with Crippen LogP contribution in [0.4, 0.5) is 0 Å². The molecule has 2 aromatic rings. The van der Waals surface area contributed by atoms with E-state index in [1.807, 2.05) is 10.7 Å². The van der Waals surface area contributed by atoms with Gasteiger partial charge in [0.2, 0.25) is 0 Å². The van der Waals surface area contributed by atoms with Crippen LogP contribution >= 0.6 is 0 Å². The Labute approximate surface area is 101 Å². The van der Waals surface area contributed by atoms with Crippen molar-refractivity contribution < 1.29 is 4.42 Å². The van der Waals surface area contributed by atoms with Gasteiger partial charge in [0.25, 0.3) is 0 Å². The maximum atomic E-state index is 5.13. The van der Waals surface area contributed by atoms with Crippen LogP contribution < -0.4 is 5.32 Å². The van der Waals surface area contributed by atoms with Crippen molar-refractivity contribution in [3.05, 3.63) is 36.3 Å². The van der Waals surface area contributed by atoms with Crippen LogP contribution in [0.1, 0.15) is 31.3 Å². The summed E-state index contributed by atoms with van der Waals surface area (Å²) in [5, 5.41) is 7.62. The molecule has 0 amide bonds. The molecule has 0 fully saturated rings. The van der Waals surface area contributed by atoms with Crippen molar-refractivity contribution in [2.45, 2.75) is 32.9 Å². The van der Waals surface area contributed by atoms with Crippen LogP contribution in [-0.2, 0) is 13.0 Å². The quantitative estimate of drug-likeness (QED) is 0.827. The predicted octanol–water partition coefficient (Wildman–Crippen LogP) is 1.78. The highest BCUT2D eigenvalue weighted by Gasteiger charge is 2.15. The molecular weight excluding hydrogens is 216 g/mol. The van der Waals surface area contributed by atoms with E-state index in [-0.39, 0.29) is 6.04 Å². The van der Waals surface area contributed by atoms with E-state index in [1.165, 1.54) is 0 Å². The minimum atomic E-state index is 0.230. The van der Waals surface area contributed by atoms with Gasteiger partial charge in [-0.3, -0.25) is 4.68 Å². The van der Waals surface area contributed by atoms with E-state index < -0.39 is 0 Å². The third-order valence-electron chi connectivity index (χ3n) is 2.78. The van der Waals surface area contributed by atoms with E-state index in [2.05, 4.69) is 29.2 Å². The van der Waals surface area contributed by atoms with Crippen molar-refractivity contribution >= 4 is 0 Å². The molecule has 0 aromatic carbocycles. The van der Waals surface area contributed by atoms with Crippen LogP contribution in [0.3, 0.4) is 0 Å². The molecule has 0 saturated heterocycles. The molecule has 17 heavy (non-hydrogen) atoms. The second kappa shape index (κ2) is 5.63. The first-order valence-electron chi connectivity index (χ1n) is 5.97. The molecule has 2 aromatic heterocycles. The van der Waals surface area contributed by atoms with Crippen molar-refractivity contribution in [3.8, 4) is 0 Å². The summed E-state index contributed by atoms with van der Waals surface area (Å²) in [5.41, 5.74) is 1.15. The first-order valence-corrected chi connectivity index (χ1v) is 5.97. The Balaban J connectivity index is 2.13. The molecule has 1 unspecified atom stereocenters. The van der Waals surface area contributed by atoms with Crippen molar-refractivity contribution in [2.24, 2.45) is 0 Å². The third-order valence-corrected chi connectivity index (χ3v) is 2.78. The smallest absolute Gasteiger partial charge is 0.138 e. The predicted molar refractivity (Wildman–Crippen MR) is 64.5 cm³/mol. The van der Waals surface area contributed by atoms with Crippen LogP contribution in [0.15, 0.2) is 29.3 Å². The van der Waals surface area contributed by atoms with Crippen molar-refractivity contribution in [3.63, 3.8) is 0 Å². The topological polar surface area (TPSA) is 55.9 Å². The van der Waals surface area contributed by atoms with E-state index in [0.717, 1.165) is 30.9 Å². The summed E-state index contributed by atoms with van der Waals surface area (Å²) >= 11 is 0. The summed E-state index contributed by atoms with van der Waals surface area (Å²) in [6, 6.07) is 2.22. The van der Waals surface area contributed by atoms with Gasteiger partial charge in [0.15, 0.2) is 0 Å². The Kier molecular flexibility index (Phi) is 3.93. The first kappa shape index (κ1) is 11.9. The molecule has 0 aliphatic carbocycles. The minimum Gasteiger partial charge on any atom is -0.472 e.